The van der Waals surface area contributed by atoms with Gasteiger partial charge in [0.25, 0.3) is 0 Å². The number of aryl methyl sites for hydroxylation is 3. The van der Waals surface area contributed by atoms with Gasteiger partial charge in [-0.2, -0.15) is 0 Å². The summed E-state index contributed by atoms with van der Waals surface area (Å²) in [7, 11) is 4.00. The minimum Gasteiger partial charge on any atom is -0.469 e. The Bertz CT molecular complexity index is 2000. The number of rotatable bonds is 8. The molecule has 10 nitrogen and oxygen atoms in total. The number of ether oxygens (including phenoxy) is 3. The van der Waals surface area contributed by atoms with Crippen LogP contribution in [0.3, 0.4) is 0 Å². The maximum atomic E-state index is 13.4. The molecule has 0 amide bonds. The highest BCUT2D eigenvalue weighted by Crippen LogP contribution is 2.44. The summed E-state index contributed by atoms with van der Waals surface area (Å²) in [4.78, 5) is 56.1. The quantitative estimate of drug-likeness (QED) is 0.203. The van der Waals surface area contributed by atoms with Crippen LogP contribution in [-0.4, -0.2) is 59.2 Å². The van der Waals surface area contributed by atoms with E-state index < -0.39 is 11.9 Å². The number of carbonyl (C=O) groups is 3. The van der Waals surface area contributed by atoms with Crippen molar-refractivity contribution in [3.8, 4) is 0 Å². The lowest BCUT2D eigenvalue weighted by atomic mass is 9.84. The molecule has 246 valence electrons. The van der Waals surface area contributed by atoms with Gasteiger partial charge in [-0.05, 0) is 74.1 Å². The second-order valence-corrected chi connectivity index (χ2v) is 12.0. The minimum atomic E-state index is -0.572. The molecule has 2 aliphatic rings. The van der Waals surface area contributed by atoms with Crippen molar-refractivity contribution in [3.05, 3.63) is 75.4 Å². The number of hydrogen-bond donors (Lipinski definition) is 2. The molecule has 0 spiro atoms. The summed E-state index contributed by atoms with van der Waals surface area (Å²) in [5.74, 6) is -1.86. The fraction of sp³-hybridized carbons (Fsp3) is 0.378. The van der Waals surface area contributed by atoms with Crippen LogP contribution < -0.4 is 0 Å². The smallest absolute Gasteiger partial charge is 0.340 e. The zero-order valence-corrected chi connectivity index (χ0v) is 28.3. The molecular formula is C37H42N4O6. The van der Waals surface area contributed by atoms with E-state index >= 15 is 0 Å². The van der Waals surface area contributed by atoms with E-state index in [1.807, 2.05) is 39.0 Å². The van der Waals surface area contributed by atoms with Crippen molar-refractivity contribution in [2.75, 3.05) is 21.3 Å². The molecule has 2 N–H and O–H groups in total. The number of fused-ring (bicyclic) bond motifs is 8. The van der Waals surface area contributed by atoms with Crippen molar-refractivity contribution in [2.24, 2.45) is 0 Å². The van der Waals surface area contributed by atoms with Crippen LogP contribution in [0, 0.1) is 13.8 Å². The minimum absolute atomic E-state index is 0.148. The molecule has 47 heavy (non-hydrogen) atoms. The van der Waals surface area contributed by atoms with Gasteiger partial charge in [0.2, 0.25) is 0 Å². The second kappa shape index (κ2) is 13.4. The molecule has 3 aromatic heterocycles. The predicted molar refractivity (Wildman–Crippen MR) is 183 cm³/mol. The summed E-state index contributed by atoms with van der Waals surface area (Å²) in [6.45, 7) is 14.2. The molecule has 0 fully saturated rings. The van der Waals surface area contributed by atoms with Crippen LogP contribution in [0.25, 0.3) is 39.3 Å². The number of aromatic nitrogens is 4. The molecule has 0 aromatic carbocycles. The lowest BCUT2D eigenvalue weighted by Gasteiger charge is -2.18. The van der Waals surface area contributed by atoms with Gasteiger partial charge in [-0.1, -0.05) is 26.5 Å². The van der Waals surface area contributed by atoms with Crippen LogP contribution in [0.5, 0.6) is 0 Å². The molecule has 3 aromatic rings. The average molecular weight is 639 g/mol. The topological polar surface area (TPSA) is 136 Å². The number of nitrogens with one attached hydrogen (secondary N) is 2. The Labute approximate surface area is 274 Å². The third kappa shape index (κ3) is 6.00. The predicted octanol–water partition coefficient (Wildman–Crippen LogP) is 6.80. The SMILES string of the molecule is C=Cc1c(C)c2cc3nc(c(CC(=O)OC)c4nc(cc5[nH]c(cc1[nH]2)c(C)c5CC)C(C)=C4C(=O)OC)[C@H](CCC(=O)OC)[C@H]3C. The largest absolute Gasteiger partial charge is 0.469 e. The van der Waals surface area contributed by atoms with Crippen LogP contribution in [0.15, 0.2) is 24.8 Å². The first-order valence-corrected chi connectivity index (χ1v) is 15.8. The van der Waals surface area contributed by atoms with Crippen molar-refractivity contribution < 1.29 is 28.6 Å². The summed E-state index contributed by atoms with van der Waals surface area (Å²) in [6, 6.07) is 6.04. The van der Waals surface area contributed by atoms with Crippen LogP contribution in [0.2, 0.25) is 0 Å². The number of allylic oxidation sites excluding steroid dienone is 1. The maximum absolute atomic E-state index is 13.4. The summed E-state index contributed by atoms with van der Waals surface area (Å²) in [5, 5.41) is 0. The highest BCUT2D eigenvalue weighted by Gasteiger charge is 2.36. The van der Waals surface area contributed by atoms with Gasteiger partial charge in [0.1, 0.15) is 0 Å². The molecule has 5 rings (SSSR count). The standard InChI is InChI=1S/C37H42N4O6/c1-10-22-18(3)26-15-28-20(5)24(12-13-32(42)45-7)35(40-28)25(14-33(43)46-8)36-34(37(44)47-9)21(6)29(41-36)17-31-23(11-2)19(4)27(39-31)16-30(22)38-26/h10,15-17,20,24,38-39H,1,11-14H2,2-9H3/t20-,24-/m1/s1. The fourth-order valence-electron chi connectivity index (χ4n) is 6.78. The number of hydrogen-bond acceptors (Lipinski definition) is 8. The molecule has 8 bridgehead atoms. The van der Waals surface area contributed by atoms with Gasteiger partial charge < -0.3 is 24.2 Å². The number of H-pyrrole nitrogens is 2. The highest BCUT2D eigenvalue weighted by molar-refractivity contribution is 6.25. The van der Waals surface area contributed by atoms with E-state index in [1.54, 1.807) is 0 Å². The second-order valence-electron chi connectivity index (χ2n) is 12.0. The fourth-order valence-corrected chi connectivity index (χ4v) is 6.78. The molecule has 0 aliphatic carbocycles. The molecular weight excluding hydrogens is 596 g/mol. The van der Waals surface area contributed by atoms with Crippen molar-refractivity contribution in [3.63, 3.8) is 0 Å². The van der Waals surface area contributed by atoms with Crippen LogP contribution >= 0.6 is 0 Å². The van der Waals surface area contributed by atoms with E-state index in [-0.39, 0.29) is 36.2 Å². The lowest BCUT2D eigenvalue weighted by molar-refractivity contribution is -0.141. The monoisotopic (exact) mass is 638 g/mol. The van der Waals surface area contributed by atoms with Gasteiger partial charge in [-0.25, -0.2) is 9.78 Å². The molecule has 0 unspecified atom stereocenters. The number of esters is 3. The summed E-state index contributed by atoms with van der Waals surface area (Å²) >= 11 is 0. The average Bonchev–Trinajstić information content (AvgIpc) is 3.74. The first-order chi connectivity index (χ1) is 22.5. The first-order valence-electron chi connectivity index (χ1n) is 15.8. The van der Waals surface area contributed by atoms with Gasteiger partial charge in [-0.3, -0.25) is 14.6 Å². The van der Waals surface area contributed by atoms with E-state index in [4.69, 9.17) is 24.2 Å². The zero-order chi connectivity index (χ0) is 34.2. The third-order valence-electron chi connectivity index (χ3n) is 9.56. The summed E-state index contributed by atoms with van der Waals surface area (Å²) < 4.78 is 15.3. The third-order valence-corrected chi connectivity index (χ3v) is 9.56. The van der Waals surface area contributed by atoms with E-state index in [9.17, 15) is 14.4 Å². The number of methoxy groups -OCH3 is 3. The molecule has 10 heteroatoms. The Balaban J connectivity index is 2.02. The first kappa shape index (κ1) is 33.4. The van der Waals surface area contributed by atoms with Gasteiger partial charge in [-0.15, -0.1) is 0 Å². The van der Waals surface area contributed by atoms with E-state index in [1.165, 1.54) is 21.3 Å². The maximum Gasteiger partial charge on any atom is 0.340 e. The van der Waals surface area contributed by atoms with Crippen molar-refractivity contribution in [1.82, 2.24) is 19.9 Å². The van der Waals surface area contributed by atoms with E-state index in [0.29, 0.717) is 34.6 Å². The molecule has 0 saturated heterocycles. The van der Waals surface area contributed by atoms with Gasteiger partial charge in [0.05, 0.1) is 50.4 Å². The summed E-state index contributed by atoms with van der Waals surface area (Å²) in [6.07, 6.45) is 2.99. The Morgan fingerprint density at radius 3 is 2.19 bits per heavy atom. The highest BCUT2D eigenvalue weighted by atomic mass is 16.5. The van der Waals surface area contributed by atoms with E-state index in [2.05, 4.69) is 36.5 Å². The van der Waals surface area contributed by atoms with Crippen LogP contribution in [0.1, 0.15) is 96.0 Å². The van der Waals surface area contributed by atoms with Crippen molar-refractivity contribution in [2.45, 2.75) is 72.1 Å². The normalized spacial score (nSPS) is 15.8. The number of carbonyl (C=O) groups excluding carboxylic acids is 3. The lowest BCUT2D eigenvalue weighted by Crippen LogP contribution is -2.15. The van der Waals surface area contributed by atoms with Gasteiger partial charge in [0, 0.05) is 57.1 Å². The zero-order valence-electron chi connectivity index (χ0n) is 28.3. The number of aromatic amines is 2. The van der Waals surface area contributed by atoms with Crippen molar-refractivity contribution >= 4 is 57.2 Å². The van der Waals surface area contributed by atoms with Gasteiger partial charge in [0.15, 0.2) is 0 Å². The Hall–Kier alpha value is -4.99. The summed E-state index contributed by atoms with van der Waals surface area (Å²) in [5.41, 5.74) is 11.4. The van der Waals surface area contributed by atoms with Crippen LogP contribution in [-0.2, 0) is 41.4 Å². The molecule has 2 aliphatic heterocycles. The molecule has 0 radical (unpaired) electrons. The van der Waals surface area contributed by atoms with Crippen molar-refractivity contribution in [1.29, 1.82) is 0 Å². The molecule has 5 heterocycles. The molecule has 0 saturated carbocycles. The van der Waals surface area contributed by atoms with E-state index in [0.717, 1.165) is 56.4 Å². The molecule has 2 atom stereocenters. The Kier molecular flexibility index (Phi) is 9.51. The number of nitrogens with zero attached hydrogens (tertiary/aromatic N) is 2. The van der Waals surface area contributed by atoms with Crippen LogP contribution in [0.4, 0.5) is 0 Å². The Morgan fingerprint density at radius 2 is 1.55 bits per heavy atom. The van der Waals surface area contributed by atoms with Gasteiger partial charge >= 0.3 is 17.9 Å². The Morgan fingerprint density at radius 1 is 0.872 bits per heavy atom.